The van der Waals surface area contributed by atoms with E-state index < -0.39 is 0 Å². The van der Waals surface area contributed by atoms with Gasteiger partial charge < -0.3 is 22.3 Å². The van der Waals surface area contributed by atoms with Crippen molar-refractivity contribution in [1.82, 2.24) is 14.9 Å². The molecule has 0 aliphatic heterocycles. The highest BCUT2D eigenvalue weighted by molar-refractivity contribution is 7.10. The smallest absolute Gasteiger partial charge is 0.0945 e. The van der Waals surface area contributed by atoms with Crippen molar-refractivity contribution in [3.8, 4) is 0 Å². The molecule has 1 N–H and O–H groups in total. The van der Waals surface area contributed by atoms with Crippen molar-refractivity contribution < 1.29 is 12.4 Å². The Labute approximate surface area is 112 Å². The predicted molar refractivity (Wildman–Crippen MR) is 67.6 cm³/mol. The van der Waals surface area contributed by atoms with Gasteiger partial charge in [0.2, 0.25) is 0 Å². The summed E-state index contributed by atoms with van der Waals surface area (Å²) in [6, 6.07) is 2.17. The number of thiophene rings is 1. The summed E-state index contributed by atoms with van der Waals surface area (Å²) in [7, 11) is 0. The number of hydrogen-bond acceptors (Lipinski definition) is 3. The summed E-state index contributed by atoms with van der Waals surface area (Å²) in [4.78, 5) is 5.46. The number of nitrogens with zero attached hydrogens (tertiary/aromatic N) is 2. The summed E-state index contributed by atoms with van der Waals surface area (Å²) >= 11 is 1.83. The van der Waals surface area contributed by atoms with E-state index in [-0.39, 0.29) is 12.4 Å². The molecule has 0 aliphatic carbocycles. The molecule has 0 saturated carbocycles. The normalized spacial score (nSPS) is 10.2. The van der Waals surface area contributed by atoms with E-state index in [1.807, 2.05) is 30.1 Å². The molecule has 0 fully saturated rings. The van der Waals surface area contributed by atoms with Crippen molar-refractivity contribution in [2.24, 2.45) is 0 Å². The lowest BCUT2D eigenvalue weighted by Crippen LogP contribution is -3.00. The molecule has 0 spiro atoms. The summed E-state index contributed by atoms with van der Waals surface area (Å²) in [6.07, 6.45) is 6.83. The molecule has 5 heteroatoms. The monoisotopic (exact) mass is 270 g/mol. The number of aromatic nitrogens is 2. The summed E-state index contributed by atoms with van der Waals surface area (Å²) in [5, 5.41) is 5.62. The zero-order valence-corrected chi connectivity index (χ0v) is 11.5. The van der Waals surface area contributed by atoms with Gasteiger partial charge in [-0.25, -0.2) is 4.98 Å². The Hall–Kier alpha value is -0.840. The molecule has 94 valence electrons. The van der Waals surface area contributed by atoms with Crippen molar-refractivity contribution in [1.29, 1.82) is 0 Å². The van der Waals surface area contributed by atoms with Crippen LogP contribution in [-0.4, -0.2) is 16.1 Å². The topological polar surface area (TPSA) is 29.9 Å². The summed E-state index contributed by atoms with van der Waals surface area (Å²) < 4.78 is 2.11. The SMILES string of the molecule is Cc1ccsc1CNCCCn1ccnc1.[Cl-]. The molecular weight excluding hydrogens is 254 g/mol. The highest BCUT2D eigenvalue weighted by Gasteiger charge is 1.98. The van der Waals surface area contributed by atoms with Gasteiger partial charge in [-0.15, -0.1) is 11.3 Å². The second kappa shape index (κ2) is 7.48. The van der Waals surface area contributed by atoms with Gasteiger partial charge in [-0.2, -0.15) is 0 Å². The molecule has 0 radical (unpaired) electrons. The summed E-state index contributed by atoms with van der Waals surface area (Å²) in [5.41, 5.74) is 1.40. The van der Waals surface area contributed by atoms with Gasteiger partial charge in [0.15, 0.2) is 0 Å². The van der Waals surface area contributed by atoms with Gasteiger partial charge >= 0.3 is 0 Å². The maximum absolute atomic E-state index is 4.02. The molecular formula is C12H17ClN3S-. The van der Waals surface area contributed by atoms with Crippen molar-refractivity contribution in [3.63, 3.8) is 0 Å². The number of nitrogens with one attached hydrogen (secondary N) is 1. The van der Waals surface area contributed by atoms with Gasteiger partial charge in [-0.05, 0) is 36.9 Å². The van der Waals surface area contributed by atoms with Crippen molar-refractivity contribution >= 4 is 11.3 Å². The lowest BCUT2D eigenvalue weighted by atomic mass is 10.3. The van der Waals surface area contributed by atoms with E-state index in [9.17, 15) is 0 Å². The molecule has 3 nitrogen and oxygen atoms in total. The fourth-order valence-electron chi connectivity index (χ4n) is 1.59. The largest absolute Gasteiger partial charge is 1.00 e. The minimum absolute atomic E-state index is 0. The van der Waals surface area contributed by atoms with Crippen LogP contribution < -0.4 is 17.7 Å². The van der Waals surface area contributed by atoms with Gasteiger partial charge in [-0.3, -0.25) is 0 Å². The maximum Gasteiger partial charge on any atom is 0.0945 e. The standard InChI is InChI=1S/C12H17N3S.ClH/c1-11-3-8-16-12(11)9-13-4-2-6-15-7-5-14-10-15;/h3,5,7-8,10,13H,2,4,6,9H2,1H3;1H/p-1. The molecule has 2 heterocycles. The first kappa shape index (κ1) is 14.2. The highest BCUT2D eigenvalue weighted by Crippen LogP contribution is 2.14. The lowest BCUT2D eigenvalue weighted by Gasteiger charge is -2.04. The first-order chi connectivity index (χ1) is 7.86. The molecule has 0 bridgehead atoms. The van der Waals surface area contributed by atoms with Crippen LogP contribution in [0.15, 0.2) is 30.2 Å². The fourth-order valence-corrected chi connectivity index (χ4v) is 2.47. The fraction of sp³-hybridized carbons (Fsp3) is 0.417. The van der Waals surface area contributed by atoms with Crippen molar-refractivity contribution in [2.45, 2.75) is 26.4 Å². The lowest BCUT2D eigenvalue weighted by molar-refractivity contribution is -0.00000339. The number of halogens is 1. The summed E-state index contributed by atoms with van der Waals surface area (Å²) in [5.74, 6) is 0. The van der Waals surface area contributed by atoms with Crippen molar-refractivity contribution in [3.05, 3.63) is 40.6 Å². The Kier molecular flexibility index (Phi) is 6.26. The van der Waals surface area contributed by atoms with Gasteiger partial charge in [-0.1, -0.05) is 0 Å². The van der Waals surface area contributed by atoms with E-state index in [4.69, 9.17) is 0 Å². The van der Waals surface area contributed by atoms with E-state index in [1.165, 1.54) is 10.4 Å². The summed E-state index contributed by atoms with van der Waals surface area (Å²) in [6.45, 7) is 5.25. The van der Waals surface area contributed by atoms with Crippen LogP contribution in [0.1, 0.15) is 16.9 Å². The zero-order valence-electron chi connectivity index (χ0n) is 9.90. The minimum Gasteiger partial charge on any atom is -1.00 e. The molecule has 17 heavy (non-hydrogen) atoms. The Morgan fingerprint density at radius 1 is 1.47 bits per heavy atom. The Morgan fingerprint density at radius 2 is 2.35 bits per heavy atom. The average molecular weight is 271 g/mol. The first-order valence-corrected chi connectivity index (χ1v) is 6.43. The van der Waals surface area contributed by atoms with Crippen molar-refractivity contribution in [2.75, 3.05) is 6.54 Å². The van der Waals surface area contributed by atoms with Crippen LogP contribution in [0.5, 0.6) is 0 Å². The van der Waals surface area contributed by atoms with E-state index in [1.54, 1.807) is 0 Å². The molecule has 0 aliphatic rings. The Bertz CT molecular complexity index is 411. The Balaban J connectivity index is 0.00000144. The molecule has 0 aromatic carbocycles. The Morgan fingerprint density at radius 3 is 3.00 bits per heavy atom. The quantitative estimate of drug-likeness (QED) is 0.713. The molecule has 0 atom stereocenters. The van der Waals surface area contributed by atoms with Crippen LogP contribution in [0.25, 0.3) is 0 Å². The van der Waals surface area contributed by atoms with E-state index in [0.717, 1.165) is 26.1 Å². The van der Waals surface area contributed by atoms with E-state index in [0.29, 0.717) is 0 Å². The highest BCUT2D eigenvalue weighted by atomic mass is 35.5. The van der Waals surface area contributed by atoms with Crippen LogP contribution in [0, 0.1) is 6.92 Å². The van der Waals surface area contributed by atoms with Crippen LogP contribution >= 0.6 is 11.3 Å². The third kappa shape index (κ3) is 4.50. The van der Waals surface area contributed by atoms with Gasteiger partial charge in [0.1, 0.15) is 0 Å². The van der Waals surface area contributed by atoms with Gasteiger partial charge in [0, 0.05) is 30.4 Å². The zero-order chi connectivity index (χ0) is 11.2. The molecule has 0 unspecified atom stereocenters. The second-order valence-electron chi connectivity index (χ2n) is 3.86. The van der Waals surface area contributed by atoms with Crippen LogP contribution in [0.2, 0.25) is 0 Å². The number of imidazole rings is 1. The molecule has 2 rings (SSSR count). The van der Waals surface area contributed by atoms with Crippen LogP contribution in [0.4, 0.5) is 0 Å². The third-order valence-electron chi connectivity index (χ3n) is 2.58. The number of aryl methyl sites for hydroxylation is 2. The van der Waals surface area contributed by atoms with Gasteiger partial charge in [0.05, 0.1) is 6.33 Å². The second-order valence-corrected chi connectivity index (χ2v) is 4.86. The number of rotatable bonds is 6. The maximum atomic E-state index is 4.02. The third-order valence-corrected chi connectivity index (χ3v) is 3.61. The van der Waals surface area contributed by atoms with E-state index in [2.05, 4.69) is 33.2 Å². The van der Waals surface area contributed by atoms with E-state index >= 15 is 0 Å². The molecule has 2 aromatic rings. The average Bonchev–Trinajstić information content (AvgIpc) is 2.90. The molecule has 0 amide bonds. The predicted octanol–water partition coefficient (Wildman–Crippen LogP) is -0.563. The molecule has 2 aromatic heterocycles. The van der Waals surface area contributed by atoms with Gasteiger partial charge in [0.25, 0.3) is 0 Å². The first-order valence-electron chi connectivity index (χ1n) is 5.55. The minimum atomic E-state index is 0. The van der Waals surface area contributed by atoms with Crippen LogP contribution in [-0.2, 0) is 13.1 Å². The van der Waals surface area contributed by atoms with Crippen LogP contribution in [0.3, 0.4) is 0 Å². The molecule has 0 saturated heterocycles. The number of hydrogen-bond donors (Lipinski definition) is 1.